The maximum Gasteiger partial charge on any atom is 0.138 e. The molecule has 2 heterocycles. The molecule has 0 radical (unpaired) electrons. The van der Waals surface area contributed by atoms with Crippen molar-refractivity contribution in [3.8, 4) is 0 Å². The van der Waals surface area contributed by atoms with Crippen LogP contribution in [0.25, 0.3) is 0 Å². The van der Waals surface area contributed by atoms with Crippen LogP contribution in [0.5, 0.6) is 0 Å². The molecule has 0 aromatic carbocycles. The molecular formula is C8H12N6. The number of aromatic amines is 1. The van der Waals surface area contributed by atoms with Crippen molar-refractivity contribution in [2.45, 2.75) is 12.5 Å². The summed E-state index contributed by atoms with van der Waals surface area (Å²) in [7, 11) is 1.84. The standard InChI is InChI=1S/C8H12N6/c1-14-7(12-5-13-14)4-6(9)8-10-2-3-11-8/h2-3,5-6H,4,9H2,1H3,(H,10,11). The van der Waals surface area contributed by atoms with Crippen LogP contribution >= 0.6 is 0 Å². The molecular weight excluding hydrogens is 180 g/mol. The first-order valence-corrected chi connectivity index (χ1v) is 4.35. The fourth-order valence-corrected chi connectivity index (χ4v) is 1.28. The van der Waals surface area contributed by atoms with Crippen LogP contribution in [0.1, 0.15) is 17.7 Å². The van der Waals surface area contributed by atoms with E-state index in [1.165, 1.54) is 6.33 Å². The topological polar surface area (TPSA) is 85.4 Å². The van der Waals surface area contributed by atoms with Crippen LogP contribution in [0.4, 0.5) is 0 Å². The minimum atomic E-state index is -0.159. The lowest BCUT2D eigenvalue weighted by molar-refractivity contribution is 0.609. The number of hydrogen-bond acceptors (Lipinski definition) is 4. The molecule has 0 aliphatic carbocycles. The summed E-state index contributed by atoms with van der Waals surface area (Å²) >= 11 is 0. The van der Waals surface area contributed by atoms with Crippen molar-refractivity contribution < 1.29 is 0 Å². The average molecular weight is 192 g/mol. The van der Waals surface area contributed by atoms with Crippen LogP contribution < -0.4 is 5.73 Å². The summed E-state index contributed by atoms with van der Waals surface area (Å²) in [6, 6.07) is -0.159. The van der Waals surface area contributed by atoms with E-state index in [-0.39, 0.29) is 6.04 Å². The van der Waals surface area contributed by atoms with Gasteiger partial charge in [-0.05, 0) is 0 Å². The van der Waals surface area contributed by atoms with Crippen molar-refractivity contribution in [2.75, 3.05) is 0 Å². The summed E-state index contributed by atoms with van der Waals surface area (Å²) in [4.78, 5) is 11.2. The molecule has 0 saturated carbocycles. The molecule has 0 fully saturated rings. The lowest BCUT2D eigenvalue weighted by Crippen LogP contribution is -2.17. The Hall–Kier alpha value is -1.69. The zero-order valence-electron chi connectivity index (χ0n) is 7.88. The van der Waals surface area contributed by atoms with Gasteiger partial charge in [-0.3, -0.25) is 4.68 Å². The largest absolute Gasteiger partial charge is 0.347 e. The molecule has 0 bridgehead atoms. The fourth-order valence-electron chi connectivity index (χ4n) is 1.28. The van der Waals surface area contributed by atoms with E-state index in [1.807, 2.05) is 7.05 Å². The number of nitrogens with zero attached hydrogens (tertiary/aromatic N) is 4. The highest BCUT2D eigenvalue weighted by Crippen LogP contribution is 2.08. The fraction of sp³-hybridized carbons (Fsp3) is 0.375. The van der Waals surface area contributed by atoms with E-state index in [4.69, 9.17) is 5.73 Å². The highest BCUT2D eigenvalue weighted by Gasteiger charge is 2.11. The lowest BCUT2D eigenvalue weighted by Gasteiger charge is -2.07. The van der Waals surface area contributed by atoms with Gasteiger partial charge >= 0.3 is 0 Å². The molecule has 0 amide bonds. The summed E-state index contributed by atoms with van der Waals surface area (Å²) in [6.07, 6.45) is 5.59. The van der Waals surface area contributed by atoms with Gasteiger partial charge in [0, 0.05) is 25.9 Å². The Balaban J connectivity index is 2.09. The molecule has 0 spiro atoms. The Labute approximate surface area is 81.2 Å². The van der Waals surface area contributed by atoms with E-state index in [2.05, 4.69) is 20.1 Å². The predicted molar refractivity (Wildman–Crippen MR) is 50.2 cm³/mol. The zero-order valence-corrected chi connectivity index (χ0v) is 7.88. The van der Waals surface area contributed by atoms with E-state index in [0.717, 1.165) is 11.6 Å². The van der Waals surface area contributed by atoms with Gasteiger partial charge in [-0.1, -0.05) is 0 Å². The van der Waals surface area contributed by atoms with Crippen molar-refractivity contribution in [1.29, 1.82) is 0 Å². The van der Waals surface area contributed by atoms with Crippen LogP contribution in [-0.4, -0.2) is 24.7 Å². The van der Waals surface area contributed by atoms with Crippen molar-refractivity contribution in [2.24, 2.45) is 12.8 Å². The number of H-pyrrole nitrogens is 1. The normalized spacial score (nSPS) is 13.0. The van der Waals surface area contributed by atoms with Crippen molar-refractivity contribution >= 4 is 0 Å². The summed E-state index contributed by atoms with van der Waals surface area (Å²) in [5, 5.41) is 3.97. The quantitative estimate of drug-likeness (QED) is 0.704. The Morgan fingerprint density at radius 2 is 2.43 bits per heavy atom. The maximum atomic E-state index is 5.92. The minimum Gasteiger partial charge on any atom is -0.347 e. The average Bonchev–Trinajstić information content (AvgIpc) is 2.77. The van der Waals surface area contributed by atoms with Crippen LogP contribution in [-0.2, 0) is 13.5 Å². The van der Waals surface area contributed by atoms with Gasteiger partial charge in [-0.25, -0.2) is 9.97 Å². The lowest BCUT2D eigenvalue weighted by atomic mass is 10.2. The smallest absolute Gasteiger partial charge is 0.138 e. The molecule has 2 aromatic rings. The van der Waals surface area contributed by atoms with E-state index >= 15 is 0 Å². The molecule has 74 valence electrons. The SMILES string of the molecule is Cn1ncnc1CC(N)c1ncc[nH]1. The Bertz CT molecular complexity index is 390. The molecule has 1 atom stereocenters. The van der Waals surface area contributed by atoms with Crippen LogP contribution in [0, 0.1) is 0 Å². The second kappa shape index (κ2) is 3.59. The molecule has 14 heavy (non-hydrogen) atoms. The Kier molecular flexibility index (Phi) is 2.28. The third-order valence-electron chi connectivity index (χ3n) is 2.08. The van der Waals surface area contributed by atoms with Gasteiger partial charge in [0.2, 0.25) is 0 Å². The van der Waals surface area contributed by atoms with E-state index < -0.39 is 0 Å². The highest BCUT2D eigenvalue weighted by molar-refractivity contribution is 4.99. The van der Waals surface area contributed by atoms with Gasteiger partial charge in [-0.15, -0.1) is 0 Å². The van der Waals surface area contributed by atoms with Gasteiger partial charge in [0.1, 0.15) is 18.0 Å². The van der Waals surface area contributed by atoms with Crippen molar-refractivity contribution in [3.63, 3.8) is 0 Å². The third kappa shape index (κ3) is 1.64. The maximum absolute atomic E-state index is 5.92. The monoisotopic (exact) mass is 192 g/mol. The number of nitrogens with two attached hydrogens (primary N) is 1. The number of aromatic nitrogens is 5. The van der Waals surface area contributed by atoms with Crippen molar-refractivity contribution in [3.05, 3.63) is 30.4 Å². The summed E-state index contributed by atoms with van der Waals surface area (Å²) in [5.74, 6) is 1.63. The van der Waals surface area contributed by atoms with Gasteiger partial charge in [-0.2, -0.15) is 5.10 Å². The highest BCUT2D eigenvalue weighted by atomic mass is 15.3. The molecule has 6 heteroatoms. The van der Waals surface area contributed by atoms with Crippen molar-refractivity contribution in [1.82, 2.24) is 24.7 Å². The summed E-state index contributed by atoms with van der Waals surface area (Å²) in [6.45, 7) is 0. The molecule has 6 nitrogen and oxygen atoms in total. The third-order valence-corrected chi connectivity index (χ3v) is 2.08. The van der Waals surface area contributed by atoms with Crippen LogP contribution in [0.15, 0.2) is 18.7 Å². The molecule has 2 aromatic heterocycles. The molecule has 1 unspecified atom stereocenters. The first-order chi connectivity index (χ1) is 6.77. The van der Waals surface area contributed by atoms with Gasteiger partial charge in [0.25, 0.3) is 0 Å². The summed E-state index contributed by atoms with van der Waals surface area (Å²) < 4.78 is 1.71. The first-order valence-electron chi connectivity index (χ1n) is 4.35. The molecule has 2 rings (SSSR count). The van der Waals surface area contributed by atoms with Crippen LogP contribution in [0.3, 0.4) is 0 Å². The van der Waals surface area contributed by atoms with E-state index in [0.29, 0.717) is 6.42 Å². The van der Waals surface area contributed by atoms with E-state index in [9.17, 15) is 0 Å². The number of hydrogen-bond donors (Lipinski definition) is 2. The molecule has 0 saturated heterocycles. The second-order valence-corrected chi connectivity index (χ2v) is 3.08. The minimum absolute atomic E-state index is 0.159. The summed E-state index contributed by atoms with van der Waals surface area (Å²) in [5.41, 5.74) is 5.92. The predicted octanol–water partition coefficient (Wildman–Crippen LogP) is -0.219. The number of imidazole rings is 1. The zero-order chi connectivity index (χ0) is 9.97. The molecule has 3 N–H and O–H groups in total. The van der Waals surface area contributed by atoms with Crippen LogP contribution in [0.2, 0.25) is 0 Å². The number of rotatable bonds is 3. The second-order valence-electron chi connectivity index (χ2n) is 3.08. The van der Waals surface area contributed by atoms with E-state index in [1.54, 1.807) is 17.1 Å². The van der Waals surface area contributed by atoms with Gasteiger partial charge in [0.05, 0.1) is 6.04 Å². The Morgan fingerprint density at radius 3 is 3.00 bits per heavy atom. The number of nitrogens with one attached hydrogen (secondary N) is 1. The number of aryl methyl sites for hydroxylation is 1. The van der Waals surface area contributed by atoms with Gasteiger partial charge < -0.3 is 10.7 Å². The molecule has 0 aliphatic rings. The first kappa shape index (κ1) is 8.89. The Morgan fingerprint density at radius 1 is 1.57 bits per heavy atom. The van der Waals surface area contributed by atoms with Gasteiger partial charge in [0.15, 0.2) is 0 Å². The molecule has 0 aliphatic heterocycles.